The minimum absolute atomic E-state index is 0.147. The molecule has 5 heteroatoms. The van der Waals surface area contributed by atoms with Crippen LogP contribution in [0.1, 0.15) is 17.0 Å². The van der Waals surface area contributed by atoms with Crippen molar-refractivity contribution in [3.05, 3.63) is 58.1 Å². The summed E-state index contributed by atoms with van der Waals surface area (Å²) in [6.45, 7) is 2.06. The SMILES string of the molecule is Cc1ccc(OCc2ccc(Cl)cc2F)c(CBr)n1. The van der Waals surface area contributed by atoms with Crippen LogP contribution in [0.25, 0.3) is 0 Å². The molecular formula is C14H12BrClFNO. The van der Waals surface area contributed by atoms with Crippen LogP contribution in [0, 0.1) is 12.7 Å². The standard InChI is InChI=1S/C14H12BrClFNO/c1-9-2-5-14(13(7-15)18-9)19-8-10-3-4-11(16)6-12(10)17/h2-6H,7-8H2,1H3. The van der Waals surface area contributed by atoms with Crippen molar-refractivity contribution in [2.24, 2.45) is 0 Å². The predicted octanol–water partition coefficient (Wildman–Crippen LogP) is 4.66. The zero-order valence-electron chi connectivity index (χ0n) is 10.3. The first-order valence-electron chi connectivity index (χ1n) is 5.69. The quantitative estimate of drug-likeness (QED) is 0.753. The van der Waals surface area contributed by atoms with Crippen molar-refractivity contribution >= 4 is 27.5 Å². The van der Waals surface area contributed by atoms with E-state index in [0.29, 0.717) is 21.7 Å². The molecule has 0 atom stereocenters. The molecule has 2 rings (SSSR count). The van der Waals surface area contributed by atoms with Gasteiger partial charge in [-0.2, -0.15) is 0 Å². The molecule has 0 aliphatic carbocycles. The zero-order chi connectivity index (χ0) is 13.8. The van der Waals surface area contributed by atoms with Gasteiger partial charge in [-0.3, -0.25) is 4.98 Å². The van der Waals surface area contributed by atoms with Crippen LogP contribution in [0.3, 0.4) is 0 Å². The fourth-order valence-electron chi connectivity index (χ4n) is 1.62. The van der Waals surface area contributed by atoms with E-state index in [1.54, 1.807) is 12.1 Å². The fourth-order valence-corrected chi connectivity index (χ4v) is 2.18. The number of pyridine rings is 1. The Morgan fingerprint density at radius 3 is 2.79 bits per heavy atom. The summed E-state index contributed by atoms with van der Waals surface area (Å²) in [5, 5.41) is 0.965. The van der Waals surface area contributed by atoms with Crippen molar-refractivity contribution in [2.75, 3.05) is 0 Å². The van der Waals surface area contributed by atoms with E-state index in [9.17, 15) is 4.39 Å². The van der Waals surface area contributed by atoms with E-state index in [0.717, 1.165) is 11.4 Å². The lowest BCUT2D eigenvalue weighted by Crippen LogP contribution is -2.02. The molecule has 0 radical (unpaired) electrons. The maximum Gasteiger partial charge on any atom is 0.142 e. The van der Waals surface area contributed by atoms with Crippen LogP contribution in [0.15, 0.2) is 30.3 Å². The molecule has 0 bridgehead atoms. The minimum atomic E-state index is -0.368. The van der Waals surface area contributed by atoms with Gasteiger partial charge in [0, 0.05) is 21.6 Å². The molecule has 0 saturated heterocycles. The van der Waals surface area contributed by atoms with Gasteiger partial charge in [-0.25, -0.2) is 4.39 Å². The van der Waals surface area contributed by atoms with Gasteiger partial charge in [0.2, 0.25) is 0 Å². The Hall–Kier alpha value is -1.13. The fraction of sp³-hybridized carbons (Fsp3) is 0.214. The third-order valence-electron chi connectivity index (χ3n) is 2.60. The van der Waals surface area contributed by atoms with Crippen LogP contribution in [-0.2, 0) is 11.9 Å². The van der Waals surface area contributed by atoms with Crippen molar-refractivity contribution in [3.8, 4) is 5.75 Å². The van der Waals surface area contributed by atoms with Crippen LogP contribution in [0.2, 0.25) is 5.02 Å². The van der Waals surface area contributed by atoms with Crippen LogP contribution in [0.5, 0.6) is 5.75 Å². The molecular weight excluding hydrogens is 333 g/mol. The van der Waals surface area contributed by atoms with E-state index in [-0.39, 0.29) is 12.4 Å². The van der Waals surface area contributed by atoms with E-state index in [2.05, 4.69) is 20.9 Å². The Kier molecular flexibility index (Phi) is 4.77. The van der Waals surface area contributed by atoms with Gasteiger partial charge in [-0.15, -0.1) is 0 Å². The third-order valence-corrected chi connectivity index (χ3v) is 3.36. The molecule has 2 aromatic rings. The van der Waals surface area contributed by atoms with E-state index < -0.39 is 0 Å². The first kappa shape index (κ1) is 14.3. The molecule has 1 aromatic heterocycles. The van der Waals surface area contributed by atoms with Gasteiger partial charge in [0.15, 0.2) is 0 Å². The lowest BCUT2D eigenvalue weighted by Gasteiger charge is -2.10. The largest absolute Gasteiger partial charge is 0.487 e. The number of aryl methyl sites for hydroxylation is 1. The summed E-state index contributed by atoms with van der Waals surface area (Å²) in [4.78, 5) is 4.35. The highest BCUT2D eigenvalue weighted by atomic mass is 79.9. The smallest absolute Gasteiger partial charge is 0.142 e. The van der Waals surface area contributed by atoms with Crippen LogP contribution in [-0.4, -0.2) is 4.98 Å². The summed E-state index contributed by atoms with van der Waals surface area (Å²) in [7, 11) is 0. The lowest BCUT2D eigenvalue weighted by molar-refractivity contribution is 0.296. The molecule has 0 N–H and O–H groups in total. The Morgan fingerprint density at radius 2 is 2.11 bits per heavy atom. The Labute approximate surface area is 124 Å². The van der Waals surface area contributed by atoms with Crippen molar-refractivity contribution in [2.45, 2.75) is 18.9 Å². The molecule has 1 heterocycles. The summed E-state index contributed by atoms with van der Waals surface area (Å²) in [6, 6.07) is 8.24. The van der Waals surface area contributed by atoms with Crippen molar-refractivity contribution in [3.63, 3.8) is 0 Å². The Bertz CT molecular complexity index is 592. The van der Waals surface area contributed by atoms with Gasteiger partial charge in [0.05, 0.1) is 5.69 Å². The highest BCUT2D eigenvalue weighted by Gasteiger charge is 2.08. The summed E-state index contributed by atoms with van der Waals surface area (Å²) in [5.74, 6) is 0.282. The second-order valence-corrected chi connectivity index (χ2v) is 5.05. The van der Waals surface area contributed by atoms with E-state index in [4.69, 9.17) is 16.3 Å². The van der Waals surface area contributed by atoms with Gasteiger partial charge < -0.3 is 4.74 Å². The van der Waals surface area contributed by atoms with Gasteiger partial charge in [0.25, 0.3) is 0 Å². The van der Waals surface area contributed by atoms with E-state index >= 15 is 0 Å². The number of alkyl halides is 1. The molecule has 0 spiro atoms. The molecule has 1 aromatic carbocycles. The van der Waals surface area contributed by atoms with Crippen molar-refractivity contribution < 1.29 is 9.13 Å². The van der Waals surface area contributed by atoms with Crippen molar-refractivity contribution in [1.29, 1.82) is 0 Å². The first-order chi connectivity index (χ1) is 9.10. The third kappa shape index (κ3) is 3.67. The Morgan fingerprint density at radius 1 is 1.32 bits per heavy atom. The molecule has 0 amide bonds. The summed E-state index contributed by atoms with van der Waals surface area (Å²) in [5.41, 5.74) is 2.18. The van der Waals surface area contributed by atoms with Crippen LogP contribution < -0.4 is 4.74 Å². The number of rotatable bonds is 4. The van der Waals surface area contributed by atoms with Crippen LogP contribution in [0.4, 0.5) is 4.39 Å². The maximum atomic E-state index is 13.6. The number of ether oxygens (including phenoxy) is 1. The number of aromatic nitrogens is 1. The highest BCUT2D eigenvalue weighted by Crippen LogP contribution is 2.22. The molecule has 0 unspecified atom stereocenters. The Balaban J connectivity index is 2.14. The molecule has 19 heavy (non-hydrogen) atoms. The van der Waals surface area contributed by atoms with Crippen molar-refractivity contribution in [1.82, 2.24) is 4.98 Å². The number of hydrogen-bond donors (Lipinski definition) is 0. The van der Waals surface area contributed by atoms with Gasteiger partial charge in [-0.05, 0) is 31.2 Å². The molecule has 0 fully saturated rings. The van der Waals surface area contributed by atoms with Crippen LogP contribution >= 0.6 is 27.5 Å². The summed E-state index contributed by atoms with van der Waals surface area (Å²) >= 11 is 9.06. The molecule has 0 aliphatic heterocycles. The molecule has 100 valence electrons. The predicted molar refractivity (Wildman–Crippen MR) is 77.3 cm³/mol. The van der Waals surface area contributed by atoms with Gasteiger partial charge in [0.1, 0.15) is 18.2 Å². The second-order valence-electron chi connectivity index (χ2n) is 4.06. The number of halogens is 3. The summed E-state index contributed by atoms with van der Waals surface area (Å²) in [6.07, 6.45) is 0. The average Bonchev–Trinajstić information content (AvgIpc) is 2.39. The van der Waals surface area contributed by atoms with E-state index in [1.165, 1.54) is 6.07 Å². The summed E-state index contributed by atoms with van der Waals surface area (Å²) < 4.78 is 19.2. The second kappa shape index (κ2) is 6.35. The zero-order valence-corrected chi connectivity index (χ0v) is 12.6. The normalized spacial score (nSPS) is 10.5. The number of benzene rings is 1. The van der Waals surface area contributed by atoms with Gasteiger partial charge >= 0.3 is 0 Å². The highest BCUT2D eigenvalue weighted by molar-refractivity contribution is 9.08. The minimum Gasteiger partial charge on any atom is -0.487 e. The van der Waals surface area contributed by atoms with Gasteiger partial charge in [-0.1, -0.05) is 33.6 Å². The topological polar surface area (TPSA) is 22.1 Å². The monoisotopic (exact) mass is 343 g/mol. The molecule has 0 saturated carbocycles. The first-order valence-corrected chi connectivity index (χ1v) is 7.19. The average molecular weight is 345 g/mol. The van der Waals surface area contributed by atoms with E-state index in [1.807, 2.05) is 19.1 Å². The number of nitrogens with zero attached hydrogens (tertiary/aromatic N) is 1. The number of hydrogen-bond acceptors (Lipinski definition) is 2. The molecule has 2 nitrogen and oxygen atoms in total. The lowest BCUT2D eigenvalue weighted by atomic mass is 10.2. The molecule has 0 aliphatic rings. The maximum absolute atomic E-state index is 13.6.